The van der Waals surface area contributed by atoms with E-state index in [1.54, 1.807) is 13.2 Å². The van der Waals surface area contributed by atoms with E-state index in [4.69, 9.17) is 9.84 Å². The molecule has 0 amide bonds. The summed E-state index contributed by atoms with van der Waals surface area (Å²) in [6, 6.07) is 4.00. The number of carbonyl (C=O) groups is 1. The molecule has 1 N–H and O–H groups in total. The molecule has 0 aliphatic heterocycles. The van der Waals surface area contributed by atoms with Gasteiger partial charge in [0.2, 0.25) is 0 Å². The molecule has 0 aliphatic rings. The molecule has 1 rings (SSSR count). The standard InChI is InChI=1S/C13H16O3/c1-9-8-12(16-3)10(2)7-11(9)5-4-6-13(14)15/h4,6-8H,5H2,1-3H3,(H,14,15)/b6-4+. The van der Waals surface area contributed by atoms with Gasteiger partial charge in [0, 0.05) is 6.08 Å². The van der Waals surface area contributed by atoms with Crippen molar-refractivity contribution in [1.82, 2.24) is 0 Å². The lowest BCUT2D eigenvalue weighted by Gasteiger charge is -2.09. The Morgan fingerprint density at radius 3 is 2.62 bits per heavy atom. The van der Waals surface area contributed by atoms with Crippen LogP contribution in [0.1, 0.15) is 16.7 Å². The van der Waals surface area contributed by atoms with Gasteiger partial charge in [-0.1, -0.05) is 12.1 Å². The Hall–Kier alpha value is -1.77. The molecule has 16 heavy (non-hydrogen) atoms. The number of allylic oxidation sites excluding steroid dienone is 1. The minimum atomic E-state index is -0.914. The number of ether oxygens (including phenoxy) is 1. The third-order valence-electron chi connectivity index (χ3n) is 2.45. The molecule has 3 nitrogen and oxygen atoms in total. The fourth-order valence-electron chi connectivity index (χ4n) is 1.58. The topological polar surface area (TPSA) is 46.5 Å². The largest absolute Gasteiger partial charge is 0.496 e. The number of methoxy groups -OCH3 is 1. The van der Waals surface area contributed by atoms with E-state index in [0.29, 0.717) is 6.42 Å². The number of rotatable bonds is 4. The van der Waals surface area contributed by atoms with Gasteiger partial charge in [-0.25, -0.2) is 4.79 Å². The summed E-state index contributed by atoms with van der Waals surface area (Å²) in [5.74, 6) is -0.0497. The van der Waals surface area contributed by atoms with E-state index in [1.165, 1.54) is 6.08 Å². The summed E-state index contributed by atoms with van der Waals surface area (Å²) in [7, 11) is 1.64. The first-order chi connectivity index (χ1) is 7.54. The first-order valence-electron chi connectivity index (χ1n) is 5.08. The Labute approximate surface area is 95.4 Å². The molecule has 0 saturated heterocycles. The van der Waals surface area contributed by atoms with Gasteiger partial charge in [-0.2, -0.15) is 0 Å². The molecule has 0 spiro atoms. The highest BCUT2D eigenvalue weighted by Gasteiger charge is 2.03. The van der Waals surface area contributed by atoms with Crippen LogP contribution in [0.4, 0.5) is 0 Å². The molecule has 0 bridgehead atoms. The monoisotopic (exact) mass is 220 g/mol. The van der Waals surface area contributed by atoms with Crippen molar-refractivity contribution in [2.24, 2.45) is 0 Å². The average molecular weight is 220 g/mol. The third-order valence-corrected chi connectivity index (χ3v) is 2.45. The van der Waals surface area contributed by atoms with Crippen LogP contribution in [0.15, 0.2) is 24.3 Å². The van der Waals surface area contributed by atoms with Crippen LogP contribution in [-0.4, -0.2) is 18.2 Å². The van der Waals surface area contributed by atoms with Crippen LogP contribution >= 0.6 is 0 Å². The molecular weight excluding hydrogens is 204 g/mol. The highest BCUT2D eigenvalue weighted by atomic mass is 16.5. The Morgan fingerprint density at radius 1 is 1.38 bits per heavy atom. The lowest BCUT2D eigenvalue weighted by molar-refractivity contribution is -0.131. The van der Waals surface area contributed by atoms with Crippen molar-refractivity contribution in [3.05, 3.63) is 41.0 Å². The van der Waals surface area contributed by atoms with E-state index < -0.39 is 5.97 Å². The Balaban J connectivity index is 2.89. The van der Waals surface area contributed by atoms with Gasteiger partial charge in [0.05, 0.1) is 7.11 Å². The SMILES string of the molecule is COc1cc(C)c(C/C=C/C(=O)O)cc1C. The lowest BCUT2D eigenvalue weighted by atomic mass is 10.0. The molecule has 3 heteroatoms. The normalized spacial score (nSPS) is 10.7. The maximum absolute atomic E-state index is 10.3. The van der Waals surface area contributed by atoms with Crippen molar-refractivity contribution < 1.29 is 14.6 Å². The highest BCUT2D eigenvalue weighted by molar-refractivity contribution is 5.79. The zero-order valence-corrected chi connectivity index (χ0v) is 9.78. The summed E-state index contributed by atoms with van der Waals surface area (Å²) in [4.78, 5) is 10.3. The minimum absolute atomic E-state index is 0.628. The van der Waals surface area contributed by atoms with Gasteiger partial charge in [0.15, 0.2) is 0 Å². The van der Waals surface area contributed by atoms with Gasteiger partial charge < -0.3 is 9.84 Å². The van der Waals surface area contributed by atoms with E-state index in [2.05, 4.69) is 0 Å². The number of carboxylic acids is 1. The van der Waals surface area contributed by atoms with Gasteiger partial charge in [-0.15, -0.1) is 0 Å². The zero-order chi connectivity index (χ0) is 12.1. The van der Waals surface area contributed by atoms with Gasteiger partial charge in [0.25, 0.3) is 0 Å². The van der Waals surface area contributed by atoms with E-state index in [0.717, 1.165) is 22.4 Å². The summed E-state index contributed by atoms with van der Waals surface area (Å²) >= 11 is 0. The third kappa shape index (κ3) is 3.12. The van der Waals surface area contributed by atoms with Crippen molar-refractivity contribution in [1.29, 1.82) is 0 Å². The molecule has 86 valence electrons. The van der Waals surface area contributed by atoms with Crippen LogP contribution in [0.3, 0.4) is 0 Å². The van der Waals surface area contributed by atoms with Crippen LogP contribution in [0.25, 0.3) is 0 Å². The van der Waals surface area contributed by atoms with E-state index in [-0.39, 0.29) is 0 Å². The molecule has 0 atom stereocenters. The fourth-order valence-corrected chi connectivity index (χ4v) is 1.58. The highest BCUT2D eigenvalue weighted by Crippen LogP contribution is 2.22. The van der Waals surface area contributed by atoms with Crippen LogP contribution in [0, 0.1) is 13.8 Å². The van der Waals surface area contributed by atoms with E-state index in [9.17, 15) is 4.79 Å². The molecule has 0 heterocycles. The van der Waals surface area contributed by atoms with Crippen molar-refractivity contribution in [2.75, 3.05) is 7.11 Å². The number of hydrogen-bond acceptors (Lipinski definition) is 2. The summed E-state index contributed by atoms with van der Waals surface area (Å²) in [6.45, 7) is 3.97. The maximum Gasteiger partial charge on any atom is 0.327 e. The molecular formula is C13H16O3. The van der Waals surface area contributed by atoms with Crippen molar-refractivity contribution >= 4 is 5.97 Å². The summed E-state index contributed by atoms with van der Waals surface area (Å²) < 4.78 is 5.21. The number of hydrogen-bond donors (Lipinski definition) is 1. The summed E-state index contributed by atoms with van der Waals surface area (Å²) in [5.41, 5.74) is 3.29. The lowest BCUT2D eigenvalue weighted by Crippen LogP contribution is -1.94. The Bertz CT molecular complexity index is 419. The van der Waals surface area contributed by atoms with Gasteiger partial charge in [-0.05, 0) is 43.0 Å². The second kappa shape index (κ2) is 5.35. The van der Waals surface area contributed by atoms with E-state index in [1.807, 2.05) is 26.0 Å². The van der Waals surface area contributed by atoms with Gasteiger partial charge in [-0.3, -0.25) is 0 Å². The van der Waals surface area contributed by atoms with Crippen molar-refractivity contribution in [3.63, 3.8) is 0 Å². The molecule has 0 aliphatic carbocycles. The molecule has 1 aromatic carbocycles. The first-order valence-corrected chi connectivity index (χ1v) is 5.08. The predicted molar refractivity (Wildman–Crippen MR) is 62.9 cm³/mol. The maximum atomic E-state index is 10.3. The Kier molecular flexibility index (Phi) is 4.11. The molecule has 0 unspecified atom stereocenters. The van der Waals surface area contributed by atoms with Crippen LogP contribution in [-0.2, 0) is 11.2 Å². The zero-order valence-electron chi connectivity index (χ0n) is 9.78. The first kappa shape index (κ1) is 12.3. The predicted octanol–water partition coefficient (Wildman–Crippen LogP) is 2.50. The molecule has 0 radical (unpaired) electrons. The van der Waals surface area contributed by atoms with E-state index >= 15 is 0 Å². The number of carboxylic acid groups (broad SMARTS) is 1. The number of aliphatic carboxylic acids is 1. The number of benzene rings is 1. The molecule has 0 fully saturated rings. The summed E-state index contributed by atoms with van der Waals surface area (Å²) in [6.07, 6.45) is 3.44. The summed E-state index contributed by atoms with van der Waals surface area (Å²) in [5, 5.41) is 8.49. The van der Waals surface area contributed by atoms with Crippen LogP contribution in [0.2, 0.25) is 0 Å². The number of aryl methyl sites for hydroxylation is 2. The second-order valence-electron chi connectivity index (χ2n) is 3.69. The second-order valence-corrected chi connectivity index (χ2v) is 3.69. The quantitative estimate of drug-likeness (QED) is 0.793. The van der Waals surface area contributed by atoms with Crippen molar-refractivity contribution in [2.45, 2.75) is 20.3 Å². The van der Waals surface area contributed by atoms with Crippen molar-refractivity contribution in [3.8, 4) is 5.75 Å². The molecule has 0 saturated carbocycles. The van der Waals surface area contributed by atoms with Crippen LogP contribution in [0.5, 0.6) is 5.75 Å². The average Bonchev–Trinajstić information content (AvgIpc) is 2.22. The fraction of sp³-hybridized carbons (Fsp3) is 0.308. The van der Waals surface area contributed by atoms with Gasteiger partial charge in [0.1, 0.15) is 5.75 Å². The minimum Gasteiger partial charge on any atom is -0.496 e. The smallest absolute Gasteiger partial charge is 0.327 e. The molecule has 0 aromatic heterocycles. The van der Waals surface area contributed by atoms with Gasteiger partial charge >= 0.3 is 5.97 Å². The van der Waals surface area contributed by atoms with Crippen LogP contribution < -0.4 is 4.74 Å². The Morgan fingerprint density at radius 2 is 2.06 bits per heavy atom. The molecule has 1 aromatic rings.